The van der Waals surface area contributed by atoms with Crippen LogP contribution in [-0.4, -0.2) is 17.4 Å². The van der Waals surface area contributed by atoms with Crippen molar-refractivity contribution in [1.82, 2.24) is 4.90 Å². The maximum Gasteiger partial charge on any atom is 0.291 e. The van der Waals surface area contributed by atoms with Crippen molar-refractivity contribution < 1.29 is 13.9 Å². The van der Waals surface area contributed by atoms with Gasteiger partial charge in [-0.1, -0.05) is 74.2 Å². The number of amides is 1. The number of nitrogens with zero attached hydrogens (tertiary/aromatic N) is 1. The van der Waals surface area contributed by atoms with Crippen LogP contribution in [0.15, 0.2) is 69.9 Å². The number of halogens is 1. The Morgan fingerprint density at radius 3 is 2.47 bits per heavy atom. The van der Waals surface area contributed by atoms with Crippen LogP contribution in [0, 0.1) is 13.8 Å². The lowest BCUT2D eigenvalue weighted by molar-refractivity contribution is 0.0714. The van der Waals surface area contributed by atoms with E-state index in [1.807, 2.05) is 68.4 Å². The van der Waals surface area contributed by atoms with Gasteiger partial charge in [0.15, 0.2) is 5.43 Å². The molecule has 0 bridgehead atoms. The van der Waals surface area contributed by atoms with Gasteiger partial charge in [0.2, 0.25) is 5.76 Å². The fraction of sp³-hybridized carbons (Fsp3) is 0.312. The second-order valence-electron chi connectivity index (χ2n) is 10.0. The van der Waals surface area contributed by atoms with E-state index in [1.54, 1.807) is 11.0 Å². The van der Waals surface area contributed by atoms with Gasteiger partial charge in [0.05, 0.1) is 23.6 Å². The van der Waals surface area contributed by atoms with Gasteiger partial charge in [-0.25, -0.2) is 0 Å². The van der Waals surface area contributed by atoms with Crippen molar-refractivity contribution in [1.29, 1.82) is 0 Å². The van der Waals surface area contributed by atoms with Gasteiger partial charge in [-0.15, -0.1) is 0 Å². The van der Waals surface area contributed by atoms with Crippen LogP contribution in [-0.2, 0) is 6.54 Å². The molecule has 1 unspecified atom stereocenters. The highest BCUT2D eigenvalue weighted by atomic mass is 35.5. The Morgan fingerprint density at radius 1 is 0.974 bits per heavy atom. The summed E-state index contributed by atoms with van der Waals surface area (Å²) in [5, 5.41) is 1.06. The van der Waals surface area contributed by atoms with Crippen molar-refractivity contribution in [3.63, 3.8) is 0 Å². The van der Waals surface area contributed by atoms with E-state index >= 15 is 0 Å². The zero-order valence-corrected chi connectivity index (χ0v) is 22.8. The standard InChI is InChI=1S/C32H32ClNO4/c1-4-5-6-9-16-37-24-14-12-22(13-15-24)28-27-29(35)25-18-20(2)17-21(3)30(25)38-31(27)32(36)34(28)19-23-10-7-8-11-26(23)33/h7-8,10-15,17-18,28H,4-6,9,16,19H2,1-3H3. The number of rotatable bonds is 9. The average molecular weight is 530 g/mol. The molecule has 1 atom stereocenters. The molecule has 1 aromatic heterocycles. The van der Waals surface area contributed by atoms with Crippen LogP contribution in [0.1, 0.15) is 77.0 Å². The van der Waals surface area contributed by atoms with E-state index in [0.29, 0.717) is 28.2 Å². The molecule has 1 aliphatic heterocycles. The van der Waals surface area contributed by atoms with Gasteiger partial charge in [-0.05, 0) is 66.8 Å². The van der Waals surface area contributed by atoms with Gasteiger partial charge in [-0.2, -0.15) is 0 Å². The van der Waals surface area contributed by atoms with Crippen LogP contribution in [0.5, 0.6) is 5.75 Å². The number of unbranched alkanes of at least 4 members (excludes halogenated alkanes) is 3. The molecule has 38 heavy (non-hydrogen) atoms. The zero-order chi connectivity index (χ0) is 26.8. The molecule has 0 saturated carbocycles. The third kappa shape index (κ3) is 4.95. The lowest BCUT2D eigenvalue weighted by Gasteiger charge is -2.25. The Balaban J connectivity index is 1.57. The number of benzene rings is 3. The van der Waals surface area contributed by atoms with Gasteiger partial charge in [0.25, 0.3) is 5.91 Å². The molecule has 5 rings (SSSR count). The fourth-order valence-corrected chi connectivity index (χ4v) is 5.46. The molecule has 3 aromatic carbocycles. The first kappa shape index (κ1) is 26.1. The van der Waals surface area contributed by atoms with E-state index in [1.165, 1.54) is 12.8 Å². The molecule has 1 amide bonds. The Labute approximate surface area is 228 Å². The number of carbonyl (C=O) groups is 1. The summed E-state index contributed by atoms with van der Waals surface area (Å²) in [5.74, 6) is 0.548. The first-order chi connectivity index (χ1) is 18.4. The molecule has 4 aromatic rings. The van der Waals surface area contributed by atoms with Crippen molar-refractivity contribution in [2.45, 2.75) is 59.0 Å². The summed E-state index contributed by atoms with van der Waals surface area (Å²) in [7, 11) is 0. The van der Waals surface area contributed by atoms with Crippen molar-refractivity contribution in [2.75, 3.05) is 6.61 Å². The monoisotopic (exact) mass is 529 g/mol. The van der Waals surface area contributed by atoms with E-state index in [0.717, 1.165) is 40.8 Å². The summed E-state index contributed by atoms with van der Waals surface area (Å²) in [5.41, 5.74) is 4.07. The molecule has 1 aliphatic rings. The van der Waals surface area contributed by atoms with E-state index in [9.17, 15) is 9.59 Å². The minimum Gasteiger partial charge on any atom is -0.494 e. The van der Waals surface area contributed by atoms with Crippen molar-refractivity contribution in [3.8, 4) is 5.75 Å². The van der Waals surface area contributed by atoms with E-state index < -0.39 is 6.04 Å². The predicted octanol–water partition coefficient (Wildman–Crippen LogP) is 7.77. The van der Waals surface area contributed by atoms with Crippen LogP contribution in [0.4, 0.5) is 0 Å². The maximum absolute atomic E-state index is 13.9. The summed E-state index contributed by atoms with van der Waals surface area (Å²) in [6, 6.07) is 18.3. The molecule has 5 nitrogen and oxygen atoms in total. The SMILES string of the molecule is CCCCCCOc1ccc(C2c3c(oc4c(C)cc(C)cc4c3=O)C(=O)N2Cc2ccccc2Cl)cc1. The molecule has 196 valence electrons. The predicted molar refractivity (Wildman–Crippen MR) is 151 cm³/mol. The molecule has 2 heterocycles. The molecule has 0 saturated heterocycles. The maximum atomic E-state index is 13.9. The van der Waals surface area contributed by atoms with Gasteiger partial charge in [0.1, 0.15) is 11.3 Å². The van der Waals surface area contributed by atoms with Crippen LogP contribution < -0.4 is 10.2 Å². The third-order valence-electron chi connectivity index (χ3n) is 7.16. The number of hydrogen-bond donors (Lipinski definition) is 0. The van der Waals surface area contributed by atoms with E-state index in [4.69, 9.17) is 20.8 Å². The van der Waals surface area contributed by atoms with E-state index in [-0.39, 0.29) is 23.6 Å². The summed E-state index contributed by atoms with van der Waals surface area (Å²) in [4.78, 5) is 29.4. The molecule has 0 fully saturated rings. The average Bonchev–Trinajstić information content (AvgIpc) is 3.18. The number of hydrogen-bond acceptors (Lipinski definition) is 4. The normalized spacial score (nSPS) is 14.8. The fourth-order valence-electron chi connectivity index (χ4n) is 5.26. The number of aryl methyl sites for hydroxylation is 2. The Kier molecular flexibility index (Phi) is 7.57. The first-order valence-corrected chi connectivity index (χ1v) is 13.6. The summed E-state index contributed by atoms with van der Waals surface area (Å²) in [6.45, 7) is 6.94. The van der Waals surface area contributed by atoms with E-state index in [2.05, 4.69) is 6.92 Å². The Bertz CT molecular complexity index is 1540. The zero-order valence-electron chi connectivity index (χ0n) is 22.1. The minimum absolute atomic E-state index is 0.0998. The van der Waals surface area contributed by atoms with Gasteiger partial charge >= 0.3 is 0 Å². The highest BCUT2D eigenvalue weighted by Gasteiger charge is 2.43. The van der Waals surface area contributed by atoms with Crippen LogP contribution in [0.3, 0.4) is 0 Å². The van der Waals surface area contributed by atoms with Crippen molar-refractivity contribution in [3.05, 3.63) is 109 Å². The molecule has 0 aliphatic carbocycles. The highest BCUT2D eigenvalue weighted by Crippen LogP contribution is 2.40. The van der Waals surface area contributed by atoms with Gasteiger partial charge in [0, 0.05) is 11.6 Å². The molecule has 0 radical (unpaired) electrons. The molecule has 0 N–H and O–H groups in total. The lowest BCUT2D eigenvalue weighted by atomic mass is 9.97. The van der Waals surface area contributed by atoms with Crippen molar-refractivity contribution in [2.24, 2.45) is 0 Å². The quantitative estimate of drug-likeness (QED) is 0.208. The number of ether oxygens (including phenoxy) is 1. The van der Waals surface area contributed by atoms with Crippen molar-refractivity contribution >= 4 is 28.5 Å². The Hall–Kier alpha value is -3.57. The summed E-state index contributed by atoms with van der Waals surface area (Å²) >= 11 is 6.47. The van der Waals surface area contributed by atoms with Crippen LogP contribution in [0.25, 0.3) is 11.0 Å². The molecule has 0 spiro atoms. The number of fused-ring (bicyclic) bond motifs is 2. The largest absolute Gasteiger partial charge is 0.494 e. The smallest absolute Gasteiger partial charge is 0.291 e. The highest BCUT2D eigenvalue weighted by molar-refractivity contribution is 6.31. The Morgan fingerprint density at radius 2 is 1.74 bits per heavy atom. The molecular formula is C32H32ClNO4. The first-order valence-electron chi connectivity index (χ1n) is 13.2. The summed E-state index contributed by atoms with van der Waals surface area (Å²) in [6.07, 6.45) is 4.55. The minimum atomic E-state index is -0.603. The van der Waals surface area contributed by atoms with Gasteiger partial charge < -0.3 is 14.1 Å². The van der Waals surface area contributed by atoms with Crippen LogP contribution >= 0.6 is 11.6 Å². The molecule has 6 heteroatoms. The van der Waals surface area contributed by atoms with Crippen LogP contribution in [0.2, 0.25) is 5.02 Å². The number of carbonyl (C=O) groups excluding carboxylic acids is 1. The third-order valence-corrected chi connectivity index (χ3v) is 7.53. The second kappa shape index (κ2) is 11.0. The molecular weight excluding hydrogens is 498 g/mol. The topological polar surface area (TPSA) is 59.8 Å². The summed E-state index contributed by atoms with van der Waals surface area (Å²) < 4.78 is 12.1. The second-order valence-corrected chi connectivity index (χ2v) is 10.4. The lowest BCUT2D eigenvalue weighted by Crippen LogP contribution is -2.29. The van der Waals surface area contributed by atoms with Gasteiger partial charge in [-0.3, -0.25) is 9.59 Å².